The van der Waals surface area contributed by atoms with Crippen molar-refractivity contribution in [2.45, 2.75) is 51.1 Å². The molecule has 19 heavy (non-hydrogen) atoms. The van der Waals surface area contributed by atoms with Crippen LogP contribution in [0.3, 0.4) is 0 Å². The highest BCUT2D eigenvalue weighted by Crippen LogP contribution is 2.39. The number of fused-ring (bicyclic) bond motifs is 1. The molecule has 1 saturated carbocycles. The summed E-state index contributed by atoms with van der Waals surface area (Å²) in [6, 6.07) is 8.01. The van der Waals surface area contributed by atoms with Crippen molar-refractivity contribution in [1.82, 2.24) is 4.90 Å². The van der Waals surface area contributed by atoms with Gasteiger partial charge < -0.3 is 4.90 Å². The van der Waals surface area contributed by atoms with Gasteiger partial charge in [0.25, 0.3) is 0 Å². The Bertz CT molecular complexity index is 517. The van der Waals surface area contributed by atoms with Crippen LogP contribution in [0.15, 0.2) is 24.3 Å². The predicted octanol–water partition coefficient (Wildman–Crippen LogP) is 3.11. The van der Waals surface area contributed by atoms with Crippen LogP contribution in [0.4, 0.5) is 0 Å². The van der Waals surface area contributed by atoms with Gasteiger partial charge in [-0.25, -0.2) is 0 Å². The van der Waals surface area contributed by atoms with Crippen LogP contribution in [0.25, 0.3) is 0 Å². The summed E-state index contributed by atoms with van der Waals surface area (Å²) >= 11 is 0. The lowest BCUT2D eigenvalue weighted by Gasteiger charge is -2.34. The van der Waals surface area contributed by atoms with Gasteiger partial charge in [-0.2, -0.15) is 0 Å². The number of benzene rings is 1. The summed E-state index contributed by atoms with van der Waals surface area (Å²) in [4.78, 5) is 26.1. The van der Waals surface area contributed by atoms with E-state index in [2.05, 4.69) is 0 Å². The standard InChI is InChI=1S/C16H19NO2/c1-11(18)17(12-6-2-3-7-12)15-10-16(19)14-9-5-4-8-13(14)15/h4-5,8-9,12,15H,2-3,6-7,10H2,1H3/t15-/m0/s1. The molecule has 3 nitrogen and oxygen atoms in total. The molecule has 0 bridgehead atoms. The number of Topliss-reactive ketones (excluding diaryl/α,β-unsaturated/α-hetero) is 1. The van der Waals surface area contributed by atoms with Crippen molar-refractivity contribution >= 4 is 11.7 Å². The zero-order valence-electron chi connectivity index (χ0n) is 11.3. The van der Waals surface area contributed by atoms with Gasteiger partial charge in [0.2, 0.25) is 5.91 Å². The Labute approximate surface area is 113 Å². The Morgan fingerprint density at radius 2 is 1.89 bits per heavy atom. The number of carbonyl (C=O) groups is 2. The lowest BCUT2D eigenvalue weighted by Crippen LogP contribution is -2.39. The van der Waals surface area contributed by atoms with Gasteiger partial charge in [-0.3, -0.25) is 9.59 Å². The summed E-state index contributed by atoms with van der Waals surface area (Å²) < 4.78 is 0. The van der Waals surface area contributed by atoms with Gasteiger partial charge in [-0.1, -0.05) is 37.1 Å². The average molecular weight is 257 g/mol. The highest BCUT2D eigenvalue weighted by Gasteiger charge is 2.38. The fourth-order valence-corrected chi connectivity index (χ4v) is 3.60. The number of rotatable bonds is 2. The van der Waals surface area contributed by atoms with Gasteiger partial charge in [0.05, 0.1) is 6.04 Å². The molecule has 0 radical (unpaired) electrons. The molecule has 3 rings (SSSR count). The SMILES string of the molecule is CC(=O)N(C1CCCC1)[C@H]1CC(=O)c2ccccc21. The van der Waals surface area contributed by atoms with E-state index >= 15 is 0 Å². The molecule has 1 fully saturated rings. The minimum Gasteiger partial charge on any atom is -0.332 e. The maximum atomic E-state index is 12.1. The number of amides is 1. The molecule has 2 aliphatic rings. The van der Waals surface area contributed by atoms with Crippen molar-refractivity contribution in [1.29, 1.82) is 0 Å². The molecule has 0 heterocycles. The van der Waals surface area contributed by atoms with Crippen LogP contribution in [0.2, 0.25) is 0 Å². The monoisotopic (exact) mass is 257 g/mol. The lowest BCUT2D eigenvalue weighted by atomic mass is 10.0. The first-order valence-electron chi connectivity index (χ1n) is 7.09. The molecule has 100 valence electrons. The van der Waals surface area contributed by atoms with Crippen molar-refractivity contribution in [2.24, 2.45) is 0 Å². The van der Waals surface area contributed by atoms with Crippen LogP contribution >= 0.6 is 0 Å². The second kappa shape index (κ2) is 4.80. The Balaban J connectivity index is 1.96. The summed E-state index contributed by atoms with van der Waals surface area (Å²) in [5.41, 5.74) is 1.84. The van der Waals surface area contributed by atoms with Crippen molar-refractivity contribution < 1.29 is 9.59 Å². The molecule has 0 aromatic heterocycles. The molecule has 1 amide bonds. The summed E-state index contributed by atoms with van der Waals surface area (Å²) in [6.45, 7) is 1.63. The summed E-state index contributed by atoms with van der Waals surface area (Å²) in [7, 11) is 0. The summed E-state index contributed by atoms with van der Waals surface area (Å²) in [6.07, 6.45) is 4.99. The van der Waals surface area contributed by atoms with Crippen LogP contribution in [0.5, 0.6) is 0 Å². The quantitative estimate of drug-likeness (QED) is 0.816. The predicted molar refractivity (Wildman–Crippen MR) is 72.9 cm³/mol. The Hall–Kier alpha value is -1.64. The minimum atomic E-state index is -0.0377. The normalized spacial score (nSPS) is 22.6. The molecular formula is C16H19NO2. The zero-order valence-corrected chi connectivity index (χ0v) is 11.3. The van der Waals surface area contributed by atoms with E-state index in [9.17, 15) is 9.59 Å². The first-order chi connectivity index (χ1) is 9.18. The first kappa shape index (κ1) is 12.4. The third-order valence-electron chi connectivity index (χ3n) is 4.42. The van der Waals surface area contributed by atoms with Crippen LogP contribution in [-0.4, -0.2) is 22.6 Å². The minimum absolute atomic E-state index is 0.0377. The topological polar surface area (TPSA) is 37.4 Å². The molecule has 0 N–H and O–H groups in total. The van der Waals surface area contributed by atoms with E-state index in [1.165, 1.54) is 12.8 Å². The Morgan fingerprint density at radius 1 is 1.21 bits per heavy atom. The van der Waals surface area contributed by atoms with Crippen molar-refractivity contribution in [2.75, 3.05) is 0 Å². The fraction of sp³-hybridized carbons (Fsp3) is 0.500. The number of nitrogens with zero attached hydrogens (tertiary/aromatic N) is 1. The van der Waals surface area contributed by atoms with Gasteiger partial charge in [-0.05, 0) is 18.4 Å². The Morgan fingerprint density at radius 3 is 2.58 bits per heavy atom. The molecular weight excluding hydrogens is 238 g/mol. The number of ketones is 1. The molecule has 0 spiro atoms. The van der Waals surface area contributed by atoms with E-state index < -0.39 is 0 Å². The van der Waals surface area contributed by atoms with E-state index in [0.29, 0.717) is 12.5 Å². The number of hydrogen-bond donors (Lipinski definition) is 0. The smallest absolute Gasteiger partial charge is 0.220 e. The van der Waals surface area contributed by atoms with Crippen LogP contribution in [0, 0.1) is 0 Å². The lowest BCUT2D eigenvalue weighted by molar-refractivity contribution is -0.133. The van der Waals surface area contributed by atoms with Gasteiger partial charge >= 0.3 is 0 Å². The second-order valence-corrected chi connectivity index (χ2v) is 5.59. The third kappa shape index (κ3) is 2.07. The van der Waals surface area contributed by atoms with Gasteiger partial charge in [0.1, 0.15) is 0 Å². The number of carbonyl (C=O) groups excluding carboxylic acids is 2. The summed E-state index contributed by atoms with van der Waals surface area (Å²) in [5, 5.41) is 0. The van der Waals surface area contributed by atoms with Crippen molar-refractivity contribution in [3.05, 3.63) is 35.4 Å². The van der Waals surface area contributed by atoms with E-state index in [1.807, 2.05) is 29.2 Å². The highest BCUT2D eigenvalue weighted by atomic mass is 16.2. The van der Waals surface area contributed by atoms with Crippen molar-refractivity contribution in [3.63, 3.8) is 0 Å². The molecule has 0 aliphatic heterocycles. The van der Waals surface area contributed by atoms with E-state index in [0.717, 1.165) is 24.0 Å². The van der Waals surface area contributed by atoms with Gasteiger partial charge in [0, 0.05) is 24.9 Å². The first-order valence-corrected chi connectivity index (χ1v) is 7.09. The number of hydrogen-bond acceptors (Lipinski definition) is 2. The second-order valence-electron chi connectivity index (χ2n) is 5.59. The van der Waals surface area contributed by atoms with Gasteiger partial charge in [-0.15, -0.1) is 0 Å². The van der Waals surface area contributed by atoms with E-state index in [1.54, 1.807) is 6.92 Å². The molecule has 1 aromatic carbocycles. The molecule has 3 heteroatoms. The largest absolute Gasteiger partial charge is 0.332 e. The van der Waals surface area contributed by atoms with E-state index in [-0.39, 0.29) is 17.7 Å². The zero-order chi connectivity index (χ0) is 13.4. The highest BCUT2D eigenvalue weighted by molar-refractivity contribution is 6.01. The molecule has 0 unspecified atom stereocenters. The average Bonchev–Trinajstić information content (AvgIpc) is 3.00. The third-order valence-corrected chi connectivity index (χ3v) is 4.42. The molecule has 1 atom stereocenters. The maximum Gasteiger partial charge on any atom is 0.220 e. The fourth-order valence-electron chi connectivity index (χ4n) is 3.60. The van der Waals surface area contributed by atoms with Crippen LogP contribution in [-0.2, 0) is 4.79 Å². The van der Waals surface area contributed by atoms with E-state index in [4.69, 9.17) is 0 Å². The maximum absolute atomic E-state index is 12.1. The summed E-state index contributed by atoms with van der Waals surface area (Å²) in [5.74, 6) is 0.270. The molecule has 2 aliphatic carbocycles. The molecule has 1 aromatic rings. The van der Waals surface area contributed by atoms with Crippen molar-refractivity contribution in [3.8, 4) is 0 Å². The molecule has 0 saturated heterocycles. The van der Waals surface area contributed by atoms with Crippen LogP contribution < -0.4 is 0 Å². The van der Waals surface area contributed by atoms with Crippen LogP contribution in [0.1, 0.15) is 61.0 Å². The Kier molecular flexibility index (Phi) is 3.13. The van der Waals surface area contributed by atoms with Gasteiger partial charge in [0.15, 0.2) is 5.78 Å².